The number of aromatic nitrogens is 1. The molecule has 2 atom stereocenters. The third kappa shape index (κ3) is 3.21. The molecule has 0 saturated carbocycles. The van der Waals surface area contributed by atoms with Gasteiger partial charge in [0, 0.05) is 45.8 Å². The molecule has 3 aliphatic heterocycles. The van der Waals surface area contributed by atoms with E-state index in [1.165, 1.54) is 0 Å². The summed E-state index contributed by atoms with van der Waals surface area (Å²) in [7, 11) is 1.85. The molecule has 0 aliphatic carbocycles. The van der Waals surface area contributed by atoms with E-state index in [2.05, 4.69) is 10.5 Å². The normalized spacial score (nSPS) is 27.7. The molecule has 1 aromatic heterocycles. The van der Waals surface area contributed by atoms with Crippen LogP contribution in [0.1, 0.15) is 36.2 Å². The summed E-state index contributed by atoms with van der Waals surface area (Å²) in [5.41, 5.74) is 0.476. The Balaban J connectivity index is 1.32. The van der Waals surface area contributed by atoms with Gasteiger partial charge in [0.1, 0.15) is 11.4 Å². The first-order valence-electron chi connectivity index (χ1n) is 9.12. The highest BCUT2D eigenvalue weighted by molar-refractivity contribution is 6.39. The molecule has 4 rings (SSSR count). The lowest BCUT2D eigenvalue weighted by atomic mass is 9.96. The van der Waals surface area contributed by atoms with Crippen LogP contribution in [-0.2, 0) is 21.4 Å². The van der Waals surface area contributed by atoms with Crippen LogP contribution >= 0.6 is 0 Å². The topological polar surface area (TPSA) is 85.2 Å². The number of amides is 2. The van der Waals surface area contributed by atoms with Crippen molar-refractivity contribution >= 4 is 17.5 Å². The standard InChI is InChI=1S/C18H24N4O4/c1-21-7-2-5-15(21)17(24)22-8-6-18(12-22)10-14(20-26-18)16(23)19-11-13-4-3-9-25-13/h2,5,7,13H,3-4,6,8-12H2,1H3,(H,19,23)/t13-,18-/m1/s1. The Morgan fingerprint density at radius 3 is 3.08 bits per heavy atom. The first-order chi connectivity index (χ1) is 12.6. The van der Waals surface area contributed by atoms with Crippen molar-refractivity contribution in [3.8, 4) is 0 Å². The van der Waals surface area contributed by atoms with Crippen LogP contribution < -0.4 is 5.32 Å². The molecule has 4 heterocycles. The van der Waals surface area contributed by atoms with Crippen molar-refractivity contribution in [3.05, 3.63) is 24.0 Å². The largest absolute Gasteiger partial charge is 0.386 e. The average Bonchev–Trinajstić information content (AvgIpc) is 3.42. The first kappa shape index (κ1) is 17.1. The minimum Gasteiger partial charge on any atom is -0.386 e. The molecular weight excluding hydrogens is 336 g/mol. The Morgan fingerprint density at radius 2 is 2.35 bits per heavy atom. The van der Waals surface area contributed by atoms with Crippen LogP contribution in [0.5, 0.6) is 0 Å². The van der Waals surface area contributed by atoms with Crippen molar-refractivity contribution in [2.24, 2.45) is 12.2 Å². The zero-order valence-corrected chi connectivity index (χ0v) is 14.9. The van der Waals surface area contributed by atoms with E-state index < -0.39 is 5.60 Å². The molecule has 1 N–H and O–H groups in total. The fourth-order valence-electron chi connectivity index (χ4n) is 3.84. The number of nitrogens with zero attached hydrogens (tertiary/aromatic N) is 3. The van der Waals surface area contributed by atoms with Gasteiger partial charge in [-0.05, 0) is 25.0 Å². The van der Waals surface area contributed by atoms with Gasteiger partial charge in [-0.3, -0.25) is 9.59 Å². The summed E-state index contributed by atoms with van der Waals surface area (Å²) in [6, 6.07) is 3.66. The number of hydrogen-bond donors (Lipinski definition) is 1. The Morgan fingerprint density at radius 1 is 1.46 bits per heavy atom. The zero-order chi connectivity index (χ0) is 18.1. The molecular formula is C18H24N4O4. The highest BCUT2D eigenvalue weighted by Crippen LogP contribution is 2.34. The first-order valence-corrected chi connectivity index (χ1v) is 9.12. The van der Waals surface area contributed by atoms with Crippen molar-refractivity contribution in [3.63, 3.8) is 0 Å². The molecule has 0 aromatic carbocycles. The molecule has 26 heavy (non-hydrogen) atoms. The second-order valence-corrected chi connectivity index (χ2v) is 7.32. The Hall–Kier alpha value is -2.35. The van der Waals surface area contributed by atoms with E-state index in [9.17, 15) is 9.59 Å². The van der Waals surface area contributed by atoms with Crippen LogP contribution in [0.4, 0.5) is 0 Å². The van der Waals surface area contributed by atoms with Crippen LogP contribution in [0.25, 0.3) is 0 Å². The second-order valence-electron chi connectivity index (χ2n) is 7.32. The van der Waals surface area contributed by atoms with Crippen LogP contribution in [0.3, 0.4) is 0 Å². The number of ether oxygens (including phenoxy) is 1. The molecule has 2 amide bonds. The molecule has 8 heteroatoms. The smallest absolute Gasteiger partial charge is 0.270 e. The van der Waals surface area contributed by atoms with Gasteiger partial charge in [0.2, 0.25) is 0 Å². The van der Waals surface area contributed by atoms with Crippen molar-refractivity contribution in [2.45, 2.75) is 37.4 Å². The molecule has 2 fully saturated rings. The van der Waals surface area contributed by atoms with Crippen molar-refractivity contribution in [1.29, 1.82) is 0 Å². The Labute approximate surface area is 152 Å². The Kier molecular flexibility index (Phi) is 4.44. The van der Waals surface area contributed by atoms with E-state index in [0.29, 0.717) is 43.9 Å². The third-order valence-corrected chi connectivity index (χ3v) is 5.38. The molecule has 8 nitrogen and oxygen atoms in total. The lowest BCUT2D eigenvalue weighted by Crippen LogP contribution is -2.40. The van der Waals surface area contributed by atoms with E-state index in [1.807, 2.05) is 29.9 Å². The molecule has 3 aliphatic rings. The van der Waals surface area contributed by atoms with Gasteiger partial charge in [-0.25, -0.2) is 0 Å². The molecule has 1 aromatic rings. The lowest BCUT2D eigenvalue weighted by Gasteiger charge is -2.21. The fraction of sp³-hybridized carbons (Fsp3) is 0.611. The van der Waals surface area contributed by atoms with Gasteiger partial charge in [0.05, 0.1) is 12.6 Å². The van der Waals surface area contributed by atoms with E-state index in [-0.39, 0.29) is 17.9 Å². The summed E-state index contributed by atoms with van der Waals surface area (Å²) in [4.78, 5) is 32.4. The molecule has 2 saturated heterocycles. The minimum atomic E-state index is -0.572. The summed E-state index contributed by atoms with van der Waals surface area (Å²) >= 11 is 0. The Bertz CT molecular complexity index is 737. The summed E-state index contributed by atoms with van der Waals surface area (Å²) in [5, 5.41) is 6.89. The number of oxime groups is 1. The zero-order valence-electron chi connectivity index (χ0n) is 14.9. The predicted molar refractivity (Wildman–Crippen MR) is 93.8 cm³/mol. The minimum absolute atomic E-state index is 0.0192. The maximum absolute atomic E-state index is 12.7. The molecule has 0 radical (unpaired) electrons. The third-order valence-electron chi connectivity index (χ3n) is 5.38. The number of rotatable bonds is 4. The van der Waals surface area contributed by atoms with Crippen LogP contribution in [0.2, 0.25) is 0 Å². The number of carbonyl (C=O) groups excluding carboxylic acids is 2. The summed E-state index contributed by atoms with van der Waals surface area (Å²) in [6.07, 6.45) is 5.07. The quantitative estimate of drug-likeness (QED) is 0.856. The number of nitrogens with one attached hydrogen (secondary N) is 1. The van der Waals surface area contributed by atoms with Crippen LogP contribution in [-0.4, -0.2) is 64.9 Å². The van der Waals surface area contributed by atoms with Crippen molar-refractivity contribution < 1.29 is 19.2 Å². The fourth-order valence-corrected chi connectivity index (χ4v) is 3.84. The van der Waals surface area contributed by atoms with Gasteiger partial charge in [-0.1, -0.05) is 5.16 Å². The molecule has 0 bridgehead atoms. The summed E-state index contributed by atoms with van der Waals surface area (Å²) in [6.45, 7) is 2.31. The molecule has 0 unspecified atom stereocenters. The van der Waals surface area contributed by atoms with E-state index in [1.54, 1.807) is 4.90 Å². The van der Waals surface area contributed by atoms with Gasteiger partial charge in [0.25, 0.3) is 11.8 Å². The molecule has 1 spiro atoms. The second kappa shape index (κ2) is 6.75. The molecule has 140 valence electrons. The van der Waals surface area contributed by atoms with E-state index in [0.717, 1.165) is 19.4 Å². The van der Waals surface area contributed by atoms with Crippen LogP contribution in [0, 0.1) is 0 Å². The summed E-state index contributed by atoms with van der Waals surface area (Å²) < 4.78 is 7.32. The van der Waals surface area contributed by atoms with E-state index in [4.69, 9.17) is 9.57 Å². The van der Waals surface area contributed by atoms with Gasteiger partial charge in [-0.15, -0.1) is 0 Å². The maximum Gasteiger partial charge on any atom is 0.270 e. The van der Waals surface area contributed by atoms with Gasteiger partial charge >= 0.3 is 0 Å². The highest BCUT2D eigenvalue weighted by atomic mass is 16.7. The average molecular weight is 360 g/mol. The predicted octanol–water partition coefficient (Wildman–Crippen LogP) is 0.681. The van der Waals surface area contributed by atoms with Gasteiger partial charge < -0.3 is 24.4 Å². The van der Waals surface area contributed by atoms with Crippen LogP contribution in [0.15, 0.2) is 23.5 Å². The lowest BCUT2D eigenvalue weighted by molar-refractivity contribution is -0.115. The summed E-state index contributed by atoms with van der Waals surface area (Å²) in [5.74, 6) is -0.223. The van der Waals surface area contributed by atoms with Crippen molar-refractivity contribution in [2.75, 3.05) is 26.2 Å². The number of carbonyl (C=O) groups is 2. The maximum atomic E-state index is 12.7. The van der Waals surface area contributed by atoms with Gasteiger partial charge in [0.15, 0.2) is 5.60 Å². The van der Waals surface area contributed by atoms with E-state index >= 15 is 0 Å². The SMILES string of the molecule is Cn1cccc1C(=O)N1CC[C@@]2(CC(C(=O)NC[C@H]3CCCO3)=NO2)C1. The monoisotopic (exact) mass is 360 g/mol. The number of aryl methyl sites for hydroxylation is 1. The number of likely N-dealkylation sites (tertiary alicyclic amines) is 1. The number of hydrogen-bond acceptors (Lipinski definition) is 5. The van der Waals surface area contributed by atoms with Gasteiger partial charge in [-0.2, -0.15) is 0 Å². The highest BCUT2D eigenvalue weighted by Gasteiger charge is 2.48. The van der Waals surface area contributed by atoms with Crippen molar-refractivity contribution in [1.82, 2.24) is 14.8 Å².